The molecule has 0 aromatic carbocycles. The van der Waals surface area contributed by atoms with Gasteiger partial charge in [0.15, 0.2) is 0 Å². The molecule has 8 nitrogen and oxygen atoms in total. The molecule has 4 aromatic heterocycles. The zero-order valence-corrected chi connectivity index (χ0v) is 14.6. The maximum atomic E-state index is 4.55. The highest BCUT2D eigenvalue weighted by atomic mass is 15.3. The quantitative estimate of drug-likeness (QED) is 0.615. The lowest BCUT2D eigenvalue weighted by Gasteiger charge is -2.26. The van der Waals surface area contributed by atoms with Gasteiger partial charge in [0.05, 0.1) is 17.9 Å². The second kappa shape index (κ2) is 5.70. The van der Waals surface area contributed by atoms with Crippen molar-refractivity contribution in [3.63, 3.8) is 0 Å². The molecule has 4 aromatic rings. The predicted octanol–water partition coefficient (Wildman–Crippen LogP) is 2.20. The van der Waals surface area contributed by atoms with E-state index in [0.29, 0.717) is 17.8 Å². The fourth-order valence-electron chi connectivity index (χ4n) is 3.26. The van der Waals surface area contributed by atoms with E-state index < -0.39 is 0 Å². The lowest BCUT2D eigenvalue weighted by molar-refractivity contribution is 0.538. The summed E-state index contributed by atoms with van der Waals surface area (Å²) in [6.45, 7) is 2.01. The molecule has 0 atom stereocenters. The van der Waals surface area contributed by atoms with Gasteiger partial charge in [-0.15, -0.1) is 5.10 Å². The van der Waals surface area contributed by atoms with Crippen LogP contribution in [0.25, 0.3) is 22.4 Å². The third-order valence-electron chi connectivity index (χ3n) is 4.90. The Hall–Kier alpha value is -3.13. The molecule has 0 amide bonds. The summed E-state index contributed by atoms with van der Waals surface area (Å²) < 4.78 is 3.80. The molecule has 1 N–H and O–H groups in total. The van der Waals surface area contributed by atoms with Crippen LogP contribution in [0.5, 0.6) is 0 Å². The van der Waals surface area contributed by atoms with Crippen molar-refractivity contribution in [3.8, 4) is 11.1 Å². The average Bonchev–Trinajstić information content (AvgIpc) is 3.21. The minimum absolute atomic E-state index is 0.503. The number of rotatable bonds is 3. The first-order chi connectivity index (χ1) is 12.7. The molecule has 1 aliphatic rings. The Morgan fingerprint density at radius 2 is 2.00 bits per heavy atom. The molecule has 5 rings (SSSR count). The Morgan fingerprint density at radius 3 is 2.85 bits per heavy atom. The monoisotopic (exact) mass is 346 g/mol. The Kier molecular flexibility index (Phi) is 3.32. The van der Waals surface area contributed by atoms with E-state index in [4.69, 9.17) is 0 Å². The summed E-state index contributed by atoms with van der Waals surface area (Å²) in [5.74, 6) is 1.20. The summed E-state index contributed by atoms with van der Waals surface area (Å²) in [6, 6.07) is 2.56. The van der Waals surface area contributed by atoms with Gasteiger partial charge in [0.25, 0.3) is 5.95 Å². The van der Waals surface area contributed by atoms with Crippen molar-refractivity contribution in [2.75, 3.05) is 7.05 Å². The van der Waals surface area contributed by atoms with Crippen LogP contribution in [0.2, 0.25) is 0 Å². The second-order valence-corrected chi connectivity index (χ2v) is 6.60. The molecular weight excluding hydrogens is 328 g/mol. The number of fused-ring (bicyclic) bond motifs is 2. The first-order valence-corrected chi connectivity index (χ1v) is 8.59. The number of hydrogen-bond donors (Lipinski definition) is 1. The van der Waals surface area contributed by atoms with Crippen molar-refractivity contribution < 1.29 is 0 Å². The van der Waals surface area contributed by atoms with Crippen LogP contribution in [0.1, 0.15) is 18.5 Å². The number of aromatic nitrogens is 6. The Bertz CT molecular complexity index is 1140. The standard InChI is InChI=1S/C18H18N8/c1-11-7-21-18-22-8-12(10-25(11)18)15-3-4-26-16(15)9-20-17(24-26)23-14-5-13(6-14)19-2/h3-4,7-10,13,19H,5-6H2,1-2H3. The van der Waals surface area contributed by atoms with Crippen LogP contribution in [0, 0.1) is 6.92 Å². The van der Waals surface area contributed by atoms with E-state index >= 15 is 0 Å². The van der Waals surface area contributed by atoms with Crippen LogP contribution >= 0.6 is 0 Å². The van der Waals surface area contributed by atoms with E-state index in [1.807, 2.05) is 59.9 Å². The predicted molar refractivity (Wildman–Crippen MR) is 98.9 cm³/mol. The van der Waals surface area contributed by atoms with E-state index in [1.54, 1.807) is 0 Å². The Balaban J connectivity index is 1.52. The summed E-state index contributed by atoms with van der Waals surface area (Å²) in [5.41, 5.74) is 5.15. The van der Waals surface area contributed by atoms with Gasteiger partial charge in [-0.05, 0) is 20.0 Å². The molecule has 0 spiro atoms. The smallest absolute Gasteiger partial charge is 0.267 e. The van der Waals surface area contributed by atoms with Gasteiger partial charge in [-0.3, -0.25) is 4.40 Å². The maximum Gasteiger partial charge on any atom is 0.267 e. The normalized spacial score (nSPS) is 17.0. The lowest BCUT2D eigenvalue weighted by atomic mass is 9.90. The summed E-state index contributed by atoms with van der Waals surface area (Å²) in [5, 5.41) is 7.77. The molecule has 26 heavy (non-hydrogen) atoms. The molecule has 1 fully saturated rings. The molecule has 8 heteroatoms. The minimum Gasteiger partial charge on any atom is -0.316 e. The molecule has 4 heterocycles. The van der Waals surface area contributed by atoms with E-state index in [-0.39, 0.29) is 0 Å². The second-order valence-electron chi connectivity index (χ2n) is 6.60. The van der Waals surface area contributed by atoms with E-state index in [9.17, 15) is 0 Å². The maximum absolute atomic E-state index is 4.55. The summed E-state index contributed by atoms with van der Waals surface area (Å²) in [6.07, 6.45) is 11.4. The zero-order valence-electron chi connectivity index (χ0n) is 14.6. The first-order valence-electron chi connectivity index (χ1n) is 8.59. The van der Waals surface area contributed by atoms with Gasteiger partial charge >= 0.3 is 0 Å². The molecule has 1 saturated carbocycles. The number of aliphatic imine (C=N–C) groups is 1. The van der Waals surface area contributed by atoms with Gasteiger partial charge in [-0.1, -0.05) is 0 Å². The molecule has 0 bridgehead atoms. The van der Waals surface area contributed by atoms with Crippen LogP contribution in [0.3, 0.4) is 0 Å². The molecular formula is C18H18N8. The van der Waals surface area contributed by atoms with Crippen LogP contribution in [0.15, 0.2) is 42.0 Å². The van der Waals surface area contributed by atoms with Gasteiger partial charge in [0.1, 0.15) is 0 Å². The molecule has 0 aliphatic heterocycles. The topological polar surface area (TPSA) is 84.8 Å². The molecule has 1 aliphatic carbocycles. The highest BCUT2D eigenvalue weighted by Gasteiger charge is 2.23. The van der Waals surface area contributed by atoms with Gasteiger partial charge < -0.3 is 5.32 Å². The van der Waals surface area contributed by atoms with E-state index in [2.05, 4.69) is 30.4 Å². The zero-order chi connectivity index (χ0) is 17.7. The van der Waals surface area contributed by atoms with Crippen molar-refractivity contribution in [1.82, 2.24) is 34.3 Å². The Morgan fingerprint density at radius 1 is 1.15 bits per heavy atom. The summed E-state index contributed by atoms with van der Waals surface area (Å²) in [7, 11) is 1.98. The highest BCUT2D eigenvalue weighted by molar-refractivity contribution is 5.92. The Labute approximate surface area is 149 Å². The van der Waals surface area contributed by atoms with Crippen LogP contribution in [-0.2, 0) is 0 Å². The fraction of sp³-hybridized carbons (Fsp3) is 0.278. The third kappa shape index (κ3) is 2.38. The van der Waals surface area contributed by atoms with Crippen molar-refractivity contribution in [2.24, 2.45) is 4.99 Å². The van der Waals surface area contributed by atoms with Gasteiger partial charge in [-0.25, -0.2) is 24.5 Å². The summed E-state index contributed by atoms with van der Waals surface area (Å²) >= 11 is 0. The van der Waals surface area contributed by atoms with E-state index in [1.165, 1.54) is 0 Å². The number of nitrogens with one attached hydrogen (secondary N) is 1. The van der Waals surface area contributed by atoms with Gasteiger partial charge in [-0.2, -0.15) is 0 Å². The van der Waals surface area contributed by atoms with Gasteiger partial charge in [0, 0.05) is 60.0 Å². The van der Waals surface area contributed by atoms with Gasteiger partial charge in [0.2, 0.25) is 5.78 Å². The van der Waals surface area contributed by atoms with Crippen LogP contribution in [0.4, 0.5) is 5.95 Å². The molecule has 0 unspecified atom stereocenters. The van der Waals surface area contributed by atoms with Crippen molar-refractivity contribution in [3.05, 3.63) is 42.7 Å². The van der Waals surface area contributed by atoms with Crippen LogP contribution in [-0.4, -0.2) is 47.8 Å². The largest absolute Gasteiger partial charge is 0.316 e. The third-order valence-corrected chi connectivity index (χ3v) is 4.90. The first kappa shape index (κ1) is 15.2. The number of aryl methyl sites for hydroxylation is 1. The SMILES string of the molecule is CNC1CC(=Nc2ncc3c(-c4cnc5ncc(C)n5c4)ccn3n2)C1. The molecule has 0 saturated heterocycles. The fourth-order valence-corrected chi connectivity index (χ4v) is 3.26. The lowest BCUT2D eigenvalue weighted by Crippen LogP contribution is -2.39. The number of hydrogen-bond acceptors (Lipinski definition) is 6. The average molecular weight is 346 g/mol. The van der Waals surface area contributed by atoms with Crippen molar-refractivity contribution in [2.45, 2.75) is 25.8 Å². The van der Waals surface area contributed by atoms with Crippen molar-refractivity contribution in [1.29, 1.82) is 0 Å². The van der Waals surface area contributed by atoms with E-state index in [0.717, 1.165) is 40.9 Å². The van der Waals surface area contributed by atoms with Crippen molar-refractivity contribution >= 4 is 23.0 Å². The molecule has 130 valence electrons. The number of nitrogens with zero attached hydrogens (tertiary/aromatic N) is 7. The number of imidazole rings is 1. The minimum atomic E-state index is 0.503. The summed E-state index contributed by atoms with van der Waals surface area (Å²) in [4.78, 5) is 17.7. The molecule has 0 radical (unpaired) electrons. The van der Waals surface area contributed by atoms with Crippen LogP contribution < -0.4 is 5.32 Å². The highest BCUT2D eigenvalue weighted by Crippen LogP contribution is 2.26.